The maximum atomic E-state index is 13.6. The second-order valence-electron chi connectivity index (χ2n) is 7.39. The lowest BCUT2D eigenvalue weighted by atomic mass is 10.0. The Bertz CT molecular complexity index is 1130. The molecule has 154 valence electrons. The molecule has 1 unspecified atom stereocenters. The molecule has 2 heterocycles. The summed E-state index contributed by atoms with van der Waals surface area (Å²) in [7, 11) is 0. The van der Waals surface area contributed by atoms with Crippen LogP contribution in [-0.4, -0.2) is 21.7 Å². The van der Waals surface area contributed by atoms with E-state index in [9.17, 15) is 18.0 Å². The summed E-state index contributed by atoms with van der Waals surface area (Å²) in [6.07, 6.45) is 4.46. The number of hydrazone groups is 1. The molecule has 1 aromatic heterocycles. The van der Waals surface area contributed by atoms with Crippen LogP contribution >= 0.6 is 0 Å². The van der Waals surface area contributed by atoms with E-state index in [-0.39, 0.29) is 18.1 Å². The maximum Gasteiger partial charge on any atom is 0.243 e. The van der Waals surface area contributed by atoms with Gasteiger partial charge in [-0.15, -0.1) is 0 Å². The first kappa shape index (κ1) is 19.9. The minimum absolute atomic E-state index is 0.179. The normalized spacial score (nSPS) is 15.8. The highest BCUT2D eigenvalue weighted by molar-refractivity contribution is 5.81. The van der Waals surface area contributed by atoms with E-state index in [1.807, 2.05) is 16.8 Å². The zero-order valence-electron chi connectivity index (χ0n) is 16.2. The number of amides is 1. The van der Waals surface area contributed by atoms with Gasteiger partial charge in [-0.2, -0.15) is 5.10 Å². The van der Waals surface area contributed by atoms with Crippen molar-refractivity contribution in [2.75, 3.05) is 0 Å². The van der Waals surface area contributed by atoms with Gasteiger partial charge in [0.05, 0.1) is 6.04 Å². The van der Waals surface area contributed by atoms with Crippen molar-refractivity contribution < 1.29 is 18.0 Å². The molecule has 0 bridgehead atoms. The van der Waals surface area contributed by atoms with Crippen LogP contribution in [0.5, 0.6) is 0 Å². The average Bonchev–Trinajstić information content (AvgIpc) is 3.32. The Morgan fingerprint density at radius 1 is 1.03 bits per heavy atom. The van der Waals surface area contributed by atoms with E-state index < -0.39 is 17.7 Å². The topological polar surface area (TPSA) is 37.6 Å². The van der Waals surface area contributed by atoms with Crippen LogP contribution in [0.15, 0.2) is 65.9 Å². The van der Waals surface area contributed by atoms with Crippen molar-refractivity contribution in [3.05, 3.63) is 83.8 Å². The molecule has 1 atom stereocenters. The van der Waals surface area contributed by atoms with Gasteiger partial charge in [0.2, 0.25) is 5.91 Å². The maximum absolute atomic E-state index is 13.6. The van der Waals surface area contributed by atoms with Crippen molar-refractivity contribution >= 4 is 23.0 Å². The van der Waals surface area contributed by atoms with Crippen molar-refractivity contribution in [3.63, 3.8) is 0 Å². The van der Waals surface area contributed by atoms with Gasteiger partial charge in [0.25, 0.3) is 0 Å². The summed E-state index contributed by atoms with van der Waals surface area (Å²) in [5.41, 5.74) is 2.10. The quantitative estimate of drug-likeness (QED) is 0.504. The molecule has 0 N–H and O–H groups in total. The summed E-state index contributed by atoms with van der Waals surface area (Å²) >= 11 is 0. The van der Waals surface area contributed by atoms with Gasteiger partial charge in [0, 0.05) is 48.8 Å². The zero-order chi connectivity index (χ0) is 21.3. The Kier molecular flexibility index (Phi) is 5.44. The first-order valence-corrected chi connectivity index (χ1v) is 9.62. The van der Waals surface area contributed by atoms with Crippen LogP contribution in [0.4, 0.5) is 13.2 Å². The van der Waals surface area contributed by atoms with Crippen molar-refractivity contribution in [3.8, 4) is 0 Å². The molecule has 0 radical (unpaired) electrons. The van der Waals surface area contributed by atoms with Crippen LogP contribution in [0.25, 0.3) is 10.9 Å². The number of hydrogen-bond acceptors (Lipinski definition) is 2. The van der Waals surface area contributed by atoms with Gasteiger partial charge in [0.1, 0.15) is 17.5 Å². The zero-order valence-corrected chi connectivity index (χ0v) is 16.2. The van der Waals surface area contributed by atoms with E-state index >= 15 is 0 Å². The number of halogens is 3. The summed E-state index contributed by atoms with van der Waals surface area (Å²) in [6, 6.07) is 9.16. The molecule has 0 saturated heterocycles. The molecule has 4 rings (SSSR count). The Labute approximate surface area is 171 Å². The fraction of sp³-hybridized carbons (Fsp3) is 0.217. The summed E-state index contributed by atoms with van der Waals surface area (Å²) in [5, 5.41) is 6.19. The SMILES string of the molecule is C=C(CCC(=O)N1N=CCC1c1cc(F)cc(F)c1)Cn1ccc2cc(F)ccc21. The molecule has 0 saturated carbocycles. The molecule has 1 aliphatic heterocycles. The van der Waals surface area contributed by atoms with Gasteiger partial charge in [-0.1, -0.05) is 12.2 Å². The fourth-order valence-corrected chi connectivity index (χ4v) is 3.73. The smallest absolute Gasteiger partial charge is 0.243 e. The average molecular weight is 411 g/mol. The molecule has 3 aromatic rings. The summed E-state index contributed by atoms with van der Waals surface area (Å²) in [5.74, 6) is -1.89. The van der Waals surface area contributed by atoms with Crippen molar-refractivity contribution in [2.45, 2.75) is 31.8 Å². The minimum Gasteiger partial charge on any atom is -0.343 e. The highest BCUT2D eigenvalue weighted by Crippen LogP contribution is 2.30. The van der Waals surface area contributed by atoms with Gasteiger partial charge in [-0.25, -0.2) is 18.2 Å². The molecule has 1 aliphatic rings. The molecule has 0 aliphatic carbocycles. The predicted octanol–water partition coefficient (Wildman–Crippen LogP) is 5.35. The first-order valence-electron chi connectivity index (χ1n) is 9.62. The summed E-state index contributed by atoms with van der Waals surface area (Å²) < 4.78 is 42.4. The first-order chi connectivity index (χ1) is 14.4. The lowest BCUT2D eigenvalue weighted by Crippen LogP contribution is -2.27. The van der Waals surface area contributed by atoms with Gasteiger partial charge in [-0.05, 0) is 48.4 Å². The fourth-order valence-electron chi connectivity index (χ4n) is 3.73. The molecule has 4 nitrogen and oxygen atoms in total. The molecule has 7 heteroatoms. The van der Waals surface area contributed by atoms with Gasteiger partial charge < -0.3 is 4.57 Å². The molecule has 30 heavy (non-hydrogen) atoms. The Morgan fingerprint density at radius 3 is 2.57 bits per heavy atom. The molecule has 1 amide bonds. The number of carbonyl (C=O) groups is 1. The van der Waals surface area contributed by atoms with E-state index in [4.69, 9.17) is 0 Å². The van der Waals surface area contributed by atoms with Crippen molar-refractivity contribution in [1.82, 2.24) is 9.58 Å². The number of carbonyl (C=O) groups excluding carboxylic acids is 1. The number of fused-ring (bicyclic) bond motifs is 1. The van der Waals surface area contributed by atoms with Crippen molar-refractivity contribution in [1.29, 1.82) is 0 Å². The second kappa shape index (κ2) is 8.18. The van der Waals surface area contributed by atoms with Crippen LogP contribution < -0.4 is 0 Å². The number of benzene rings is 2. The third kappa shape index (κ3) is 4.15. The third-order valence-electron chi connectivity index (χ3n) is 5.17. The van der Waals surface area contributed by atoms with Crippen molar-refractivity contribution in [2.24, 2.45) is 5.10 Å². The predicted molar refractivity (Wildman–Crippen MR) is 109 cm³/mol. The number of nitrogens with zero attached hydrogens (tertiary/aromatic N) is 3. The van der Waals surface area contributed by atoms with Crippen LogP contribution in [0.2, 0.25) is 0 Å². The second-order valence-corrected chi connectivity index (χ2v) is 7.39. The summed E-state index contributed by atoms with van der Waals surface area (Å²) in [4.78, 5) is 12.7. The van der Waals surface area contributed by atoms with Crippen LogP contribution in [0.1, 0.15) is 30.9 Å². The lowest BCUT2D eigenvalue weighted by molar-refractivity contribution is -0.133. The Hall–Kier alpha value is -3.35. The third-order valence-corrected chi connectivity index (χ3v) is 5.17. The van der Waals surface area contributed by atoms with E-state index in [0.717, 1.165) is 22.5 Å². The number of aromatic nitrogens is 1. The van der Waals surface area contributed by atoms with E-state index in [2.05, 4.69) is 11.7 Å². The highest BCUT2D eigenvalue weighted by Gasteiger charge is 2.28. The van der Waals surface area contributed by atoms with Gasteiger partial charge >= 0.3 is 0 Å². The molecular weight excluding hydrogens is 391 g/mol. The largest absolute Gasteiger partial charge is 0.343 e. The summed E-state index contributed by atoms with van der Waals surface area (Å²) in [6.45, 7) is 4.55. The Balaban J connectivity index is 1.38. The number of allylic oxidation sites excluding steroid dienone is 1. The monoisotopic (exact) mass is 411 g/mol. The van der Waals surface area contributed by atoms with E-state index in [1.54, 1.807) is 12.3 Å². The van der Waals surface area contributed by atoms with Gasteiger partial charge in [0.15, 0.2) is 0 Å². The van der Waals surface area contributed by atoms with E-state index in [0.29, 0.717) is 24.9 Å². The van der Waals surface area contributed by atoms with Gasteiger partial charge in [-0.3, -0.25) is 4.79 Å². The Morgan fingerprint density at radius 2 is 1.80 bits per heavy atom. The molecule has 0 spiro atoms. The number of hydrogen-bond donors (Lipinski definition) is 0. The standard InChI is InChI=1S/C23H20F3N3O/c1-15(14-28-9-7-16-10-18(24)3-4-21(16)28)2-5-23(30)29-22(6-8-27-29)17-11-19(25)13-20(26)12-17/h3-4,7-13,22H,1-2,5-6,14H2. The van der Waals surface area contributed by atoms with Crippen LogP contribution in [0, 0.1) is 17.5 Å². The lowest BCUT2D eigenvalue weighted by Gasteiger charge is -2.22. The molecular formula is C23H20F3N3O. The molecule has 2 aromatic carbocycles. The van der Waals surface area contributed by atoms with Crippen LogP contribution in [-0.2, 0) is 11.3 Å². The van der Waals surface area contributed by atoms with E-state index in [1.165, 1.54) is 29.3 Å². The molecule has 0 fully saturated rings. The van der Waals surface area contributed by atoms with Crippen LogP contribution in [0.3, 0.4) is 0 Å². The number of rotatable bonds is 6. The highest BCUT2D eigenvalue weighted by atomic mass is 19.1. The minimum atomic E-state index is -0.684.